The van der Waals surface area contributed by atoms with Gasteiger partial charge < -0.3 is 34.5 Å². The number of amides is 3. The molecular formula is C52H83N3O8. The van der Waals surface area contributed by atoms with Gasteiger partial charge in [-0.15, -0.1) is 0 Å². The van der Waals surface area contributed by atoms with Crippen LogP contribution in [-0.4, -0.2) is 71.9 Å². The minimum atomic E-state index is -0.617. The summed E-state index contributed by atoms with van der Waals surface area (Å²) in [6.07, 6.45) is 18.5. The Bertz CT molecular complexity index is 1730. The fourth-order valence-electron chi connectivity index (χ4n) is 11.4. The van der Waals surface area contributed by atoms with Crippen molar-refractivity contribution in [2.24, 2.45) is 28.6 Å². The van der Waals surface area contributed by atoms with E-state index < -0.39 is 28.9 Å². The fraction of sp³-hybridized carbons (Fsp3) is 0.769. The summed E-state index contributed by atoms with van der Waals surface area (Å²) < 4.78 is 22.3. The average Bonchev–Trinajstić information content (AvgIpc) is 3.61. The van der Waals surface area contributed by atoms with Gasteiger partial charge in [-0.3, -0.25) is 9.59 Å². The van der Waals surface area contributed by atoms with Crippen molar-refractivity contribution < 1.29 is 38.1 Å². The van der Waals surface area contributed by atoms with Gasteiger partial charge in [0.15, 0.2) is 0 Å². The van der Waals surface area contributed by atoms with Crippen molar-refractivity contribution in [1.29, 1.82) is 0 Å². The van der Waals surface area contributed by atoms with Gasteiger partial charge in [-0.25, -0.2) is 9.59 Å². The minimum Gasteiger partial charge on any atom is -0.497 e. The standard InChI is InChI=1S/C52H83N3O8/c1-48(2,3)63-47(59)54-50(6,7)32-34-55(33-15-13-11-12-14-28-49(4,5)53-46(58)61-36-37-18-21-39(60-10)22-19-37)44(56)24-25-45(57)62-40-26-31-52(9)38(35-40)20-23-41-42-17-16-29-51(42,8)30-27-43(41)52/h18-22,40-43H,11-17,23-36H2,1-10H3,(H,53,58)(H,54,59). The normalized spacial score (nSPS) is 25.7. The molecular weight excluding hydrogens is 795 g/mol. The number of allylic oxidation sites excluding steroid dienone is 1. The van der Waals surface area contributed by atoms with Gasteiger partial charge in [0.05, 0.1) is 13.5 Å². The predicted octanol–water partition coefficient (Wildman–Crippen LogP) is 11.6. The lowest BCUT2D eigenvalue weighted by Gasteiger charge is -2.57. The molecule has 11 heteroatoms. The van der Waals surface area contributed by atoms with E-state index in [-0.39, 0.29) is 42.8 Å². The number of alkyl carbamates (subject to hydrolysis) is 2. The molecule has 3 amide bonds. The number of esters is 1. The molecule has 4 aliphatic carbocycles. The number of carbonyl (C=O) groups is 4. The Morgan fingerprint density at radius 1 is 0.762 bits per heavy atom. The molecule has 6 unspecified atom stereocenters. The third-order valence-corrected chi connectivity index (χ3v) is 15.1. The molecule has 0 aromatic heterocycles. The lowest BCUT2D eigenvalue weighted by molar-refractivity contribution is -0.153. The van der Waals surface area contributed by atoms with Gasteiger partial charge in [-0.05, 0) is 159 Å². The molecule has 3 saturated carbocycles. The van der Waals surface area contributed by atoms with Crippen LogP contribution in [0.2, 0.25) is 0 Å². The summed E-state index contributed by atoms with van der Waals surface area (Å²) in [5.74, 6) is 2.78. The monoisotopic (exact) mass is 878 g/mol. The Morgan fingerprint density at radius 3 is 2.16 bits per heavy atom. The molecule has 1 aromatic carbocycles. The highest BCUT2D eigenvalue weighted by Crippen LogP contribution is 2.65. The summed E-state index contributed by atoms with van der Waals surface area (Å²) in [4.78, 5) is 54.1. The van der Waals surface area contributed by atoms with E-state index in [0.29, 0.717) is 24.9 Å². The lowest BCUT2D eigenvalue weighted by Crippen LogP contribution is -2.49. The Morgan fingerprint density at radius 2 is 1.44 bits per heavy atom. The summed E-state index contributed by atoms with van der Waals surface area (Å²) in [7, 11) is 1.62. The number of carbonyl (C=O) groups excluding carboxylic acids is 4. The molecule has 4 aliphatic rings. The van der Waals surface area contributed by atoms with Gasteiger partial charge in [0.1, 0.15) is 24.1 Å². The maximum absolute atomic E-state index is 13.8. The fourth-order valence-corrected chi connectivity index (χ4v) is 11.4. The van der Waals surface area contributed by atoms with Gasteiger partial charge in [0, 0.05) is 37.0 Å². The van der Waals surface area contributed by atoms with Crippen LogP contribution in [0.3, 0.4) is 0 Å². The quantitative estimate of drug-likeness (QED) is 0.0573. The Kier molecular flexibility index (Phi) is 17.1. The Labute approximate surface area is 379 Å². The van der Waals surface area contributed by atoms with Crippen LogP contribution >= 0.6 is 0 Å². The van der Waals surface area contributed by atoms with Crippen molar-refractivity contribution >= 4 is 24.1 Å². The van der Waals surface area contributed by atoms with Crippen LogP contribution in [0.15, 0.2) is 35.9 Å². The van der Waals surface area contributed by atoms with E-state index in [1.54, 1.807) is 7.11 Å². The smallest absolute Gasteiger partial charge is 0.408 e. The van der Waals surface area contributed by atoms with Gasteiger partial charge in [-0.1, -0.05) is 69.7 Å². The number of hydrogen-bond acceptors (Lipinski definition) is 8. The molecule has 11 nitrogen and oxygen atoms in total. The third kappa shape index (κ3) is 14.6. The van der Waals surface area contributed by atoms with E-state index in [4.69, 9.17) is 18.9 Å². The summed E-state index contributed by atoms with van der Waals surface area (Å²) in [6.45, 7) is 19.6. The zero-order valence-electron chi connectivity index (χ0n) is 40.8. The van der Waals surface area contributed by atoms with E-state index in [9.17, 15) is 19.2 Å². The maximum atomic E-state index is 13.8. The Balaban J connectivity index is 1.06. The lowest BCUT2D eigenvalue weighted by atomic mass is 9.48. The average molecular weight is 878 g/mol. The number of nitrogens with zero attached hydrogens (tertiary/aromatic N) is 1. The summed E-state index contributed by atoms with van der Waals surface area (Å²) in [6, 6.07) is 7.43. The van der Waals surface area contributed by atoms with Gasteiger partial charge >= 0.3 is 18.2 Å². The molecule has 0 heterocycles. The van der Waals surface area contributed by atoms with E-state index in [1.165, 1.54) is 44.1 Å². The van der Waals surface area contributed by atoms with Crippen molar-refractivity contribution in [2.75, 3.05) is 20.2 Å². The number of methoxy groups -OCH3 is 1. The molecule has 6 atom stereocenters. The second-order valence-corrected chi connectivity index (χ2v) is 22.3. The van der Waals surface area contributed by atoms with Crippen LogP contribution in [0.5, 0.6) is 5.75 Å². The number of benzene rings is 1. The van der Waals surface area contributed by atoms with Crippen molar-refractivity contribution in [3.8, 4) is 5.75 Å². The van der Waals surface area contributed by atoms with Crippen LogP contribution in [0.4, 0.5) is 9.59 Å². The molecule has 0 radical (unpaired) electrons. The third-order valence-electron chi connectivity index (χ3n) is 15.1. The highest BCUT2D eigenvalue weighted by molar-refractivity contribution is 5.81. The molecule has 63 heavy (non-hydrogen) atoms. The van der Waals surface area contributed by atoms with Crippen molar-refractivity contribution in [2.45, 2.75) is 207 Å². The largest absolute Gasteiger partial charge is 0.497 e. The summed E-state index contributed by atoms with van der Waals surface area (Å²) >= 11 is 0. The first kappa shape index (κ1) is 50.2. The second-order valence-electron chi connectivity index (χ2n) is 22.3. The first-order chi connectivity index (χ1) is 29.6. The molecule has 3 fully saturated rings. The van der Waals surface area contributed by atoms with Crippen LogP contribution < -0.4 is 15.4 Å². The molecule has 0 spiro atoms. The van der Waals surface area contributed by atoms with E-state index in [0.717, 1.165) is 86.9 Å². The molecule has 354 valence electrons. The summed E-state index contributed by atoms with van der Waals surface area (Å²) in [5.41, 5.74) is 1.49. The molecule has 5 rings (SSSR count). The molecule has 1 aromatic rings. The van der Waals surface area contributed by atoms with Crippen LogP contribution in [0.25, 0.3) is 0 Å². The van der Waals surface area contributed by atoms with Gasteiger partial charge in [-0.2, -0.15) is 0 Å². The zero-order chi connectivity index (χ0) is 46.1. The van der Waals surface area contributed by atoms with E-state index >= 15 is 0 Å². The predicted molar refractivity (Wildman–Crippen MR) is 248 cm³/mol. The highest BCUT2D eigenvalue weighted by Gasteiger charge is 2.56. The summed E-state index contributed by atoms with van der Waals surface area (Å²) in [5, 5.41) is 5.97. The second kappa shape index (κ2) is 21.5. The Hall–Kier alpha value is -3.76. The first-order valence-electron chi connectivity index (χ1n) is 24.4. The maximum Gasteiger partial charge on any atom is 0.408 e. The molecule has 2 N–H and O–H groups in total. The zero-order valence-corrected chi connectivity index (χ0v) is 40.8. The number of ether oxygens (including phenoxy) is 4. The van der Waals surface area contributed by atoms with Crippen molar-refractivity contribution in [3.05, 3.63) is 41.5 Å². The van der Waals surface area contributed by atoms with E-state index in [2.05, 4.69) is 30.6 Å². The van der Waals surface area contributed by atoms with Crippen molar-refractivity contribution in [3.63, 3.8) is 0 Å². The van der Waals surface area contributed by atoms with Crippen LogP contribution in [-0.2, 0) is 30.4 Å². The number of rotatable bonds is 20. The molecule has 0 saturated heterocycles. The van der Waals surface area contributed by atoms with Crippen LogP contribution in [0, 0.1) is 28.6 Å². The van der Waals surface area contributed by atoms with Gasteiger partial charge in [0.25, 0.3) is 0 Å². The minimum absolute atomic E-state index is 0.0610. The molecule has 0 bridgehead atoms. The number of fused-ring (bicyclic) bond motifs is 5. The van der Waals surface area contributed by atoms with Gasteiger partial charge in [0.2, 0.25) is 5.91 Å². The van der Waals surface area contributed by atoms with Crippen LogP contribution in [0.1, 0.15) is 183 Å². The highest BCUT2D eigenvalue weighted by atomic mass is 16.6. The van der Waals surface area contributed by atoms with Crippen molar-refractivity contribution in [1.82, 2.24) is 15.5 Å². The number of unbranched alkanes of at least 4 members (excludes halogenated alkanes) is 4. The SMILES string of the molecule is COc1ccc(COC(=O)NC(C)(C)CCCCCCCN(CCC(C)(C)NC(=O)OC(C)(C)C)C(=O)CCC(=O)OC2CCC3(C)C(=CCC4C5CCCC5(C)CCC43)C2)cc1. The number of nitrogens with one attached hydrogen (secondary N) is 2. The van der Waals surface area contributed by atoms with E-state index in [1.807, 2.05) is 77.6 Å². The number of hydrogen-bond donors (Lipinski definition) is 2. The first-order valence-corrected chi connectivity index (χ1v) is 24.4. The molecule has 0 aliphatic heterocycles. The topological polar surface area (TPSA) is 132 Å².